The molecule has 2 aromatic heterocycles. The smallest absolute Gasteiger partial charge is 0.177 e. The highest BCUT2D eigenvalue weighted by Gasteiger charge is 2.32. The van der Waals surface area contributed by atoms with Crippen LogP contribution in [0, 0.1) is 0 Å². The molecule has 0 saturated carbocycles. The molecule has 152 valence electrons. The highest BCUT2D eigenvalue weighted by Crippen LogP contribution is 2.25. The van der Waals surface area contributed by atoms with Crippen LogP contribution in [0.15, 0.2) is 70.8 Å². The van der Waals surface area contributed by atoms with E-state index in [2.05, 4.69) is 68.2 Å². The van der Waals surface area contributed by atoms with Crippen LogP contribution in [0.25, 0.3) is 10.9 Å². The van der Waals surface area contributed by atoms with E-state index >= 15 is 0 Å². The van der Waals surface area contributed by atoms with Crippen LogP contribution in [0.1, 0.15) is 25.0 Å². The summed E-state index contributed by atoms with van der Waals surface area (Å²) in [6.45, 7) is 4.89. The molecule has 0 unspecified atom stereocenters. The number of pyridine rings is 1. The van der Waals surface area contributed by atoms with Crippen LogP contribution in [-0.2, 0) is 6.42 Å². The molecule has 7 nitrogen and oxygen atoms in total. The molecule has 0 aliphatic carbocycles. The van der Waals surface area contributed by atoms with Crippen LogP contribution in [0.5, 0.6) is 0 Å². The zero-order chi connectivity index (χ0) is 20.7. The first kappa shape index (κ1) is 18.4. The number of amidine groups is 2. The molecule has 30 heavy (non-hydrogen) atoms. The number of para-hydroxylation sites is 1. The van der Waals surface area contributed by atoms with Crippen molar-refractivity contribution in [3.63, 3.8) is 0 Å². The largest absolute Gasteiger partial charge is 0.387 e. The summed E-state index contributed by atoms with van der Waals surface area (Å²) in [6.07, 6.45) is 8.78. The first-order valence-electron chi connectivity index (χ1n) is 10.2. The topological polar surface area (TPSA) is 80.7 Å². The van der Waals surface area contributed by atoms with Gasteiger partial charge in [-0.2, -0.15) is 0 Å². The second-order valence-electron chi connectivity index (χ2n) is 8.11. The Labute approximate surface area is 175 Å². The Balaban J connectivity index is 1.49. The van der Waals surface area contributed by atoms with Gasteiger partial charge in [0, 0.05) is 54.8 Å². The molecule has 0 radical (unpaired) electrons. The van der Waals surface area contributed by atoms with Crippen molar-refractivity contribution in [2.24, 2.45) is 9.98 Å². The monoisotopic (exact) mass is 399 g/mol. The third kappa shape index (κ3) is 3.32. The van der Waals surface area contributed by atoms with Gasteiger partial charge in [0.05, 0.1) is 11.4 Å². The average Bonchev–Trinajstić information content (AvgIpc) is 3.30. The van der Waals surface area contributed by atoms with Crippen molar-refractivity contribution < 1.29 is 0 Å². The normalized spacial score (nSPS) is 17.2. The maximum Gasteiger partial charge on any atom is 0.177 e. The van der Waals surface area contributed by atoms with Gasteiger partial charge >= 0.3 is 0 Å². The summed E-state index contributed by atoms with van der Waals surface area (Å²) in [5, 5.41) is 7.88. The van der Waals surface area contributed by atoms with Crippen LogP contribution in [0.2, 0.25) is 0 Å². The molecular formula is C23H25N7. The number of anilines is 1. The van der Waals surface area contributed by atoms with Gasteiger partial charge in [-0.15, -0.1) is 0 Å². The van der Waals surface area contributed by atoms with Crippen LogP contribution in [0.3, 0.4) is 0 Å². The van der Waals surface area contributed by atoms with Gasteiger partial charge in [-0.25, -0.2) is 9.98 Å². The third-order valence-electron chi connectivity index (χ3n) is 5.42. The fourth-order valence-electron chi connectivity index (χ4n) is 3.97. The third-order valence-corrected chi connectivity index (χ3v) is 5.42. The number of nitrogens with one attached hydrogen (secondary N) is 3. The lowest BCUT2D eigenvalue weighted by atomic mass is 10.1. The van der Waals surface area contributed by atoms with E-state index in [1.54, 1.807) is 0 Å². The van der Waals surface area contributed by atoms with E-state index in [-0.39, 0.29) is 5.66 Å². The molecule has 0 amide bonds. The molecule has 0 bridgehead atoms. The van der Waals surface area contributed by atoms with Crippen LogP contribution in [0.4, 0.5) is 5.69 Å². The van der Waals surface area contributed by atoms with Gasteiger partial charge in [-0.1, -0.05) is 18.2 Å². The number of aliphatic imine (C=N–C) groups is 2. The van der Waals surface area contributed by atoms with Gasteiger partial charge < -0.3 is 20.5 Å². The van der Waals surface area contributed by atoms with Gasteiger partial charge in [0.2, 0.25) is 0 Å². The highest BCUT2D eigenvalue weighted by atomic mass is 15.3. The van der Waals surface area contributed by atoms with Gasteiger partial charge in [-0.05, 0) is 38.0 Å². The van der Waals surface area contributed by atoms with Crippen molar-refractivity contribution in [1.29, 1.82) is 0 Å². The van der Waals surface area contributed by atoms with Gasteiger partial charge in [0.15, 0.2) is 5.84 Å². The summed E-state index contributed by atoms with van der Waals surface area (Å²) >= 11 is 0. The molecule has 1 aromatic carbocycles. The van der Waals surface area contributed by atoms with Gasteiger partial charge in [-0.3, -0.25) is 4.98 Å². The molecule has 5 rings (SSSR count). The first-order valence-corrected chi connectivity index (χ1v) is 10.2. The fourth-order valence-corrected chi connectivity index (χ4v) is 3.97. The summed E-state index contributed by atoms with van der Waals surface area (Å²) in [4.78, 5) is 19.6. The second-order valence-corrected chi connectivity index (χ2v) is 8.11. The number of hydrogen-bond acceptors (Lipinski definition) is 6. The number of aromatic nitrogens is 2. The lowest BCUT2D eigenvalue weighted by Crippen LogP contribution is -2.37. The lowest BCUT2D eigenvalue weighted by molar-refractivity contribution is 0.474. The van der Waals surface area contributed by atoms with Crippen LogP contribution in [-0.4, -0.2) is 45.8 Å². The van der Waals surface area contributed by atoms with Crippen molar-refractivity contribution in [3.05, 3.63) is 71.9 Å². The Morgan fingerprint density at radius 1 is 1.17 bits per heavy atom. The zero-order valence-corrected chi connectivity index (χ0v) is 17.4. The standard InChI is InChI=1S/C23H25N7/c1-23(2)28-20-14-30(9-8-15-12-26-19-7-5-4-6-18(15)19)22(27-21(20)29-23)16-10-17(24-3)13-25-11-16/h4-7,10-14,24,26,28H,8-9H2,1-3H3. The zero-order valence-electron chi connectivity index (χ0n) is 17.4. The molecule has 4 heterocycles. The van der Waals surface area contributed by atoms with Crippen molar-refractivity contribution in [2.75, 3.05) is 18.9 Å². The number of rotatable bonds is 5. The van der Waals surface area contributed by atoms with E-state index in [0.29, 0.717) is 0 Å². The van der Waals surface area contributed by atoms with E-state index in [0.717, 1.165) is 47.1 Å². The maximum absolute atomic E-state index is 4.91. The SMILES string of the molecule is CNc1cncc(C2=NC3=NC(C)(C)NC3=CN2CCc2c[nH]c3ccccc23)c1. The molecule has 0 spiro atoms. The Morgan fingerprint density at radius 2 is 2.03 bits per heavy atom. The molecule has 0 fully saturated rings. The second kappa shape index (κ2) is 7.02. The van der Waals surface area contributed by atoms with E-state index in [1.165, 1.54) is 10.9 Å². The van der Waals surface area contributed by atoms with E-state index in [4.69, 9.17) is 9.98 Å². The molecule has 2 aliphatic heterocycles. The van der Waals surface area contributed by atoms with Crippen LogP contribution < -0.4 is 10.6 Å². The van der Waals surface area contributed by atoms with Gasteiger partial charge in [0.25, 0.3) is 0 Å². The summed E-state index contributed by atoms with van der Waals surface area (Å²) in [5.41, 5.74) is 4.98. The van der Waals surface area contributed by atoms with Crippen molar-refractivity contribution >= 4 is 28.3 Å². The predicted octanol–water partition coefficient (Wildman–Crippen LogP) is 3.49. The Kier molecular flexibility index (Phi) is 4.31. The Bertz CT molecular complexity index is 1200. The fraction of sp³-hybridized carbons (Fsp3) is 0.261. The molecule has 0 saturated heterocycles. The Morgan fingerprint density at radius 3 is 2.90 bits per heavy atom. The molecule has 2 aliphatic rings. The molecular weight excluding hydrogens is 374 g/mol. The van der Waals surface area contributed by atoms with E-state index < -0.39 is 0 Å². The molecule has 3 aromatic rings. The van der Waals surface area contributed by atoms with Crippen molar-refractivity contribution in [1.82, 2.24) is 20.2 Å². The predicted molar refractivity (Wildman–Crippen MR) is 122 cm³/mol. The maximum atomic E-state index is 4.91. The van der Waals surface area contributed by atoms with Crippen molar-refractivity contribution in [3.8, 4) is 0 Å². The number of fused-ring (bicyclic) bond motifs is 2. The van der Waals surface area contributed by atoms with Crippen LogP contribution >= 0.6 is 0 Å². The van der Waals surface area contributed by atoms with Crippen molar-refractivity contribution in [2.45, 2.75) is 25.9 Å². The quantitative estimate of drug-likeness (QED) is 0.614. The van der Waals surface area contributed by atoms with Gasteiger partial charge in [0.1, 0.15) is 11.5 Å². The summed E-state index contributed by atoms with van der Waals surface area (Å²) in [7, 11) is 1.89. The number of H-pyrrole nitrogens is 1. The lowest BCUT2D eigenvalue weighted by Gasteiger charge is -2.27. The van der Waals surface area contributed by atoms with E-state index in [1.807, 2.05) is 33.3 Å². The summed E-state index contributed by atoms with van der Waals surface area (Å²) in [5.74, 6) is 1.61. The molecule has 7 heteroatoms. The first-order chi connectivity index (χ1) is 14.5. The number of hydrogen-bond donors (Lipinski definition) is 3. The summed E-state index contributed by atoms with van der Waals surface area (Å²) in [6, 6.07) is 10.5. The average molecular weight is 400 g/mol. The molecule has 3 N–H and O–H groups in total. The number of benzene rings is 1. The Hall–Kier alpha value is -3.61. The number of nitrogens with zero attached hydrogens (tertiary/aromatic N) is 4. The highest BCUT2D eigenvalue weighted by molar-refractivity contribution is 6.14. The minimum absolute atomic E-state index is 0.353. The molecule has 0 atom stereocenters. The van der Waals surface area contributed by atoms with E-state index in [9.17, 15) is 0 Å². The number of aromatic amines is 1. The summed E-state index contributed by atoms with van der Waals surface area (Å²) < 4.78 is 0. The minimum atomic E-state index is -0.353. The minimum Gasteiger partial charge on any atom is -0.387 e.